The Hall–Kier alpha value is -0.320. The number of fused-ring (bicyclic) bond motifs is 3. The number of nitrogens with zero attached hydrogens (tertiary/aromatic N) is 1. The van der Waals surface area contributed by atoms with Crippen molar-refractivity contribution in [2.24, 2.45) is 34.5 Å². The molecule has 0 amide bonds. The Kier molecular flexibility index (Phi) is 5.03. The van der Waals surface area contributed by atoms with Gasteiger partial charge in [-0.25, -0.2) is 0 Å². The van der Waals surface area contributed by atoms with Crippen LogP contribution in [-0.2, 0) is 33.2 Å². The van der Waals surface area contributed by atoms with Crippen LogP contribution in [0, 0.1) is 34.5 Å². The van der Waals surface area contributed by atoms with E-state index < -0.39 is 11.2 Å². The molecule has 9 bridgehead atoms. The van der Waals surface area contributed by atoms with E-state index in [0.717, 1.165) is 32.2 Å². The van der Waals surface area contributed by atoms with Gasteiger partial charge in [-0.3, -0.25) is 4.90 Å². The van der Waals surface area contributed by atoms with Crippen molar-refractivity contribution < 1.29 is 33.2 Å². The number of hydrogen-bond donors (Lipinski definition) is 0. The zero-order chi connectivity index (χ0) is 24.5. The summed E-state index contributed by atoms with van der Waals surface area (Å²) in [4.78, 5) is 2.62. The fourth-order valence-electron chi connectivity index (χ4n) is 12.2. The highest BCUT2D eigenvalue weighted by Gasteiger charge is 2.95. The van der Waals surface area contributed by atoms with Gasteiger partial charge >= 0.3 is 0 Å². The molecule has 0 aromatic rings. The molecule has 198 valence electrons. The average Bonchev–Trinajstić information content (AvgIpc) is 3.33. The quantitative estimate of drug-likeness (QED) is 0.508. The highest BCUT2D eigenvalue weighted by Crippen LogP contribution is 2.84. The maximum absolute atomic E-state index is 7.09. The van der Waals surface area contributed by atoms with Crippen molar-refractivity contribution in [1.82, 2.24) is 4.90 Å². The third-order valence-electron chi connectivity index (χ3n) is 12.5. The zero-order valence-electron chi connectivity index (χ0n) is 22.3. The number of rotatable bonds is 8. The van der Waals surface area contributed by atoms with E-state index in [9.17, 15) is 0 Å². The molecule has 0 aromatic carbocycles. The first-order valence-electron chi connectivity index (χ1n) is 13.6. The molecule has 4 heterocycles. The first-order valence-corrected chi connectivity index (χ1v) is 13.6. The minimum Gasteiger partial charge on any atom is -0.384 e. The highest BCUT2D eigenvalue weighted by atomic mass is 16.6. The van der Waals surface area contributed by atoms with Crippen molar-refractivity contribution in [3.05, 3.63) is 0 Å². The summed E-state index contributed by atoms with van der Waals surface area (Å²) in [6.07, 6.45) is 4.22. The summed E-state index contributed by atoms with van der Waals surface area (Å²) in [5.74, 6) is 1.21. The molecule has 9 aliphatic rings. The van der Waals surface area contributed by atoms with E-state index in [1.165, 1.54) is 0 Å². The third kappa shape index (κ3) is 2.07. The number of piperidine rings is 1. The van der Waals surface area contributed by atoms with Gasteiger partial charge in [0.25, 0.3) is 0 Å². The molecule has 0 radical (unpaired) electrons. The van der Waals surface area contributed by atoms with E-state index in [2.05, 4.69) is 11.8 Å². The van der Waals surface area contributed by atoms with Crippen LogP contribution in [0.1, 0.15) is 32.6 Å². The Morgan fingerprint density at radius 2 is 1.80 bits per heavy atom. The molecule has 5 saturated carbocycles. The van der Waals surface area contributed by atoms with Crippen molar-refractivity contribution in [3.63, 3.8) is 0 Å². The molecule has 0 unspecified atom stereocenters. The summed E-state index contributed by atoms with van der Waals surface area (Å²) in [5, 5.41) is 0. The second-order valence-corrected chi connectivity index (χ2v) is 12.4. The van der Waals surface area contributed by atoms with E-state index in [4.69, 9.17) is 33.2 Å². The van der Waals surface area contributed by atoms with Crippen LogP contribution in [0.5, 0.6) is 0 Å². The van der Waals surface area contributed by atoms with Gasteiger partial charge in [0.1, 0.15) is 17.4 Å². The second kappa shape index (κ2) is 7.41. The number of ether oxygens (including phenoxy) is 7. The second-order valence-electron chi connectivity index (χ2n) is 12.4. The average molecular weight is 494 g/mol. The predicted molar refractivity (Wildman–Crippen MR) is 126 cm³/mol. The molecule has 9 fully saturated rings. The molecule has 35 heavy (non-hydrogen) atoms. The number of methoxy groups -OCH3 is 6. The maximum Gasteiger partial charge on any atom is 0.139 e. The van der Waals surface area contributed by atoms with Crippen LogP contribution in [0.25, 0.3) is 0 Å². The Morgan fingerprint density at radius 3 is 2.40 bits per heavy atom. The van der Waals surface area contributed by atoms with Gasteiger partial charge in [0, 0.05) is 77.7 Å². The van der Waals surface area contributed by atoms with Gasteiger partial charge < -0.3 is 33.2 Å². The van der Waals surface area contributed by atoms with E-state index in [1.807, 2.05) is 42.7 Å². The lowest BCUT2D eigenvalue weighted by molar-refractivity contribution is -0.413. The maximum atomic E-state index is 7.09. The van der Waals surface area contributed by atoms with Gasteiger partial charge in [-0.1, -0.05) is 6.92 Å². The molecular formula is C27H43NO7. The molecule has 14 atom stereocenters. The van der Waals surface area contributed by atoms with Gasteiger partial charge in [0.05, 0.1) is 37.1 Å². The fourth-order valence-corrected chi connectivity index (χ4v) is 12.2. The van der Waals surface area contributed by atoms with Gasteiger partial charge in [-0.15, -0.1) is 0 Å². The van der Waals surface area contributed by atoms with Gasteiger partial charge in [-0.2, -0.15) is 0 Å². The van der Waals surface area contributed by atoms with Crippen molar-refractivity contribution in [2.45, 2.75) is 80.5 Å². The standard InChI is InChI=1S/C27H43NO7/c1-8-28-22-26-15-11-14-16(30-3)12-25(33-6,18(15)19(14)31-4)27(22,34-7)21(32-5)20(26)24(13-29-2)10-9-17(26)35-23(24)28/h14-23H,8-13H2,1-7H3/t14-,15-,16+,17+,18-,19+,20-,21+,22-,23+,24+,25-,26+,27-/m1/s1. The largest absolute Gasteiger partial charge is 0.384 e. The van der Waals surface area contributed by atoms with E-state index in [0.29, 0.717) is 18.4 Å². The number of hydrogen-bond acceptors (Lipinski definition) is 8. The van der Waals surface area contributed by atoms with Gasteiger partial charge in [-0.05, 0) is 31.7 Å². The predicted octanol–water partition coefficient (Wildman–Crippen LogP) is 1.94. The van der Waals surface area contributed by atoms with Gasteiger partial charge in [0.15, 0.2) is 0 Å². The van der Waals surface area contributed by atoms with E-state index in [-0.39, 0.29) is 59.4 Å². The Balaban J connectivity index is 1.58. The summed E-state index contributed by atoms with van der Waals surface area (Å²) in [6, 6.07) is 0.155. The van der Waals surface area contributed by atoms with Crippen molar-refractivity contribution in [1.29, 1.82) is 0 Å². The molecule has 4 saturated heterocycles. The third-order valence-corrected chi connectivity index (χ3v) is 12.5. The summed E-state index contributed by atoms with van der Waals surface area (Å²) >= 11 is 0. The lowest BCUT2D eigenvalue weighted by Crippen LogP contribution is -2.87. The molecule has 0 N–H and O–H groups in total. The monoisotopic (exact) mass is 493 g/mol. The summed E-state index contributed by atoms with van der Waals surface area (Å²) in [5.41, 5.74) is -1.48. The summed E-state index contributed by atoms with van der Waals surface area (Å²) in [6.45, 7) is 3.84. The highest BCUT2D eigenvalue weighted by molar-refractivity contribution is 5.44. The molecule has 0 aromatic heterocycles. The SMILES string of the molecule is CCN1[C@H]2O[C@H]3CC[C@]2(COC)[C@H]2[C@H](OC)[C@@]4(OC)[C@H]1[C@@]32[C@@H]1C[C@H]2[C@H](OC)[C@@H]1[C@]4(OC)C[C@@H]2OC. The molecule has 9 rings (SSSR count). The first-order chi connectivity index (χ1) is 17.0. The van der Waals surface area contributed by atoms with Crippen LogP contribution in [0.3, 0.4) is 0 Å². The van der Waals surface area contributed by atoms with Gasteiger partial charge in [0.2, 0.25) is 0 Å². The van der Waals surface area contributed by atoms with Crippen LogP contribution >= 0.6 is 0 Å². The Labute approximate surface area is 209 Å². The smallest absolute Gasteiger partial charge is 0.139 e. The van der Waals surface area contributed by atoms with Crippen molar-refractivity contribution >= 4 is 0 Å². The van der Waals surface area contributed by atoms with Crippen LogP contribution < -0.4 is 0 Å². The van der Waals surface area contributed by atoms with Crippen molar-refractivity contribution in [2.75, 3.05) is 55.8 Å². The Bertz CT molecular complexity index is 886. The van der Waals surface area contributed by atoms with Crippen LogP contribution in [0.4, 0.5) is 0 Å². The molecule has 5 aliphatic carbocycles. The Morgan fingerprint density at radius 1 is 1.00 bits per heavy atom. The molecule has 8 nitrogen and oxygen atoms in total. The van der Waals surface area contributed by atoms with E-state index >= 15 is 0 Å². The molecule has 1 spiro atoms. The minimum absolute atomic E-state index is 0.0123. The summed E-state index contributed by atoms with van der Waals surface area (Å²) < 4.78 is 46.1. The normalized spacial score (nSPS) is 61.1. The van der Waals surface area contributed by atoms with Crippen LogP contribution in [0.15, 0.2) is 0 Å². The lowest BCUT2D eigenvalue weighted by atomic mass is 9.40. The molecule has 4 aliphatic heterocycles. The van der Waals surface area contributed by atoms with E-state index in [1.54, 1.807) is 0 Å². The molecule has 8 heteroatoms. The molecular weight excluding hydrogens is 450 g/mol. The van der Waals surface area contributed by atoms with Crippen molar-refractivity contribution in [3.8, 4) is 0 Å². The van der Waals surface area contributed by atoms with Crippen LogP contribution in [0.2, 0.25) is 0 Å². The lowest BCUT2D eigenvalue weighted by Gasteiger charge is -2.76. The number of likely N-dealkylation sites (N-methyl/N-ethyl adjacent to an activating group) is 1. The first kappa shape index (κ1) is 23.8. The fraction of sp³-hybridized carbons (Fsp3) is 1.00. The zero-order valence-corrected chi connectivity index (χ0v) is 22.3. The summed E-state index contributed by atoms with van der Waals surface area (Å²) in [7, 11) is 11.2. The topological polar surface area (TPSA) is 67.9 Å². The van der Waals surface area contributed by atoms with Crippen LogP contribution in [-0.4, -0.2) is 109 Å². The minimum atomic E-state index is -0.665.